The van der Waals surface area contributed by atoms with Crippen molar-refractivity contribution < 1.29 is 4.79 Å². The molecule has 0 saturated carbocycles. The Morgan fingerprint density at radius 2 is 1.83 bits per heavy atom. The summed E-state index contributed by atoms with van der Waals surface area (Å²) in [6, 6.07) is 7.68. The van der Waals surface area contributed by atoms with Crippen molar-refractivity contribution in [1.82, 2.24) is 14.9 Å². The zero-order valence-electron chi connectivity index (χ0n) is 14.3. The third kappa shape index (κ3) is 4.03. The maximum absolute atomic E-state index is 12.8. The number of nitrogen functional groups attached to an aromatic ring is 1. The number of rotatable bonds is 6. The van der Waals surface area contributed by atoms with Gasteiger partial charge in [-0.1, -0.05) is 29.8 Å². The van der Waals surface area contributed by atoms with Gasteiger partial charge >= 0.3 is 0 Å². The Labute approximate surface area is 147 Å². The molecule has 1 aromatic heterocycles. The van der Waals surface area contributed by atoms with E-state index in [4.69, 9.17) is 17.3 Å². The van der Waals surface area contributed by atoms with E-state index >= 15 is 0 Å². The molecule has 0 bridgehead atoms. The van der Waals surface area contributed by atoms with Crippen molar-refractivity contribution >= 4 is 23.5 Å². The van der Waals surface area contributed by atoms with Gasteiger partial charge in [-0.15, -0.1) is 0 Å². The number of nitrogens with zero attached hydrogens (tertiary/aromatic N) is 3. The van der Waals surface area contributed by atoms with Crippen molar-refractivity contribution in [3.8, 4) is 0 Å². The first kappa shape index (κ1) is 18.2. The van der Waals surface area contributed by atoms with Crippen LogP contribution < -0.4 is 5.73 Å². The summed E-state index contributed by atoms with van der Waals surface area (Å²) in [6.07, 6.45) is 1.27. The second-order valence-corrected chi connectivity index (χ2v) is 5.96. The predicted molar refractivity (Wildman–Crippen MR) is 97.3 cm³/mol. The second-order valence-electron chi connectivity index (χ2n) is 5.56. The molecule has 0 spiro atoms. The van der Waals surface area contributed by atoms with Gasteiger partial charge in [0.15, 0.2) is 0 Å². The number of benzene rings is 1. The molecule has 0 saturated heterocycles. The van der Waals surface area contributed by atoms with Gasteiger partial charge in [0.2, 0.25) is 5.95 Å². The van der Waals surface area contributed by atoms with Crippen molar-refractivity contribution in [3.05, 3.63) is 51.8 Å². The molecule has 0 aliphatic heterocycles. The normalized spacial score (nSPS) is 10.7. The van der Waals surface area contributed by atoms with Crippen LogP contribution in [0.2, 0.25) is 5.02 Å². The first-order valence-electron chi connectivity index (χ1n) is 8.13. The summed E-state index contributed by atoms with van der Waals surface area (Å²) in [6.45, 7) is 7.00. The Morgan fingerprint density at radius 1 is 1.17 bits per heavy atom. The Morgan fingerprint density at radius 3 is 2.46 bits per heavy atom. The molecule has 2 N–H and O–H groups in total. The van der Waals surface area contributed by atoms with Crippen LogP contribution in [0.15, 0.2) is 24.3 Å². The van der Waals surface area contributed by atoms with E-state index in [-0.39, 0.29) is 11.9 Å². The van der Waals surface area contributed by atoms with Gasteiger partial charge in [0.1, 0.15) is 0 Å². The van der Waals surface area contributed by atoms with Crippen LogP contribution in [0.1, 0.15) is 41.2 Å². The summed E-state index contributed by atoms with van der Waals surface area (Å²) >= 11 is 6.22. The highest BCUT2D eigenvalue weighted by Crippen LogP contribution is 2.20. The predicted octanol–water partition coefficient (Wildman–Crippen LogP) is 3.29. The average Bonchev–Trinajstić information content (AvgIpc) is 2.54. The van der Waals surface area contributed by atoms with Crippen LogP contribution >= 0.6 is 11.6 Å². The number of anilines is 1. The molecule has 1 amide bonds. The number of hydrogen-bond donors (Lipinski definition) is 1. The van der Waals surface area contributed by atoms with Crippen LogP contribution in [-0.4, -0.2) is 33.9 Å². The Balaban J connectivity index is 2.35. The van der Waals surface area contributed by atoms with Gasteiger partial charge in [0.05, 0.1) is 17.0 Å². The van der Waals surface area contributed by atoms with Crippen molar-refractivity contribution in [3.63, 3.8) is 0 Å². The molecule has 0 atom stereocenters. The molecule has 128 valence electrons. The standard InChI is InChI=1S/C18H23ClN4O/c1-4-23(5-2)17(24)16-12(3)21-18(20)22-15(16)11-10-13-8-6-7-9-14(13)19/h6-9H,4-5,10-11H2,1-3H3,(H2,20,21,22). The second kappa shape index (κ2) is 8.11. The van der Waals surface area contributed by atoms with Gasteiger partial charge in [-0.3, -0.25) is 4.79 Å². The topological polar surface area (TPSA) is 72.1 Å². The van der Waals surface area contributed by atoms with Gasteiger partial charge in [-0.25, -0.2) is 9.97 Å². The third-order valence-corrected chi connectivity index (χ3v) is 4.40. The lowest BCUT2D eigenvalue weighted by Crippen LogP contribution is -2.32. The molecule has 2 aromatic rings. The molecule has 5 nitrogen and oxygen atoms in total. The highest BCUT2D eigenvalue weighted by molar-refractivity contribution is 6.31. The summed E-state index contributed by atoms with van der Waals surface area (Å²) < 4.78 is 0. The third-order valence-electron chi connectivity index (χ3n) is 4.04. The first-order valence-corrected chi connectivity index (χ1v) is 8.51. The number of aryl methyl sites for hydroxylation is 3. The molecule has 0 aliphatic rings. The van der Waals surface area contributed by atoms with Gasteiger partial charge in [-0.2, -0.15) is 0 Å². The van der Waals surface area contributed by atoms with Crippen LogP contribution in [-0.2, 0) is 12.8 Å². The molecule has 0 unspecified atom stereocenters. The molecule has 2 rings (SSSR count). The molecule has 24 heavy (non-hydrogen) atoms. The molecule has 1 aromatic carbocycles. The molecule has 1 heterocycles. The van der Waals surface area contributed by atoms with Crippen LogP contribution in [0.5, 0.6) is 0 Å². The number of nitrogens with two attached hydrogens (primary N) is 1. The Hall–Kier alpha value is -2.14. The fourth-order valence-corrected chi connectivity index (χ4v) is 2.97. The monoisotopic (exact) mass is 346 g/mol. The number of aromatic nitrogens is 2. The summed E-state index contributed by atoms with van der Waals surface area (Å²) in [5.41, 5.74) is 8.67. The quantitative estimate of drug-likeness (QED) is 0.871. The smallest absolute Gasteiger partial charge is 0.257 e. The summed E-state index contributed by atoms with van der Waals surface area (Å²) in [5.74, 6) is 0.143. The molecule has 6 heteroatoms. The minimum atomic E-state index is -0.0494. The van der Waals surface area contributed by atoms with Gasteiger partial charge in [0, 0.05) is 18.1 Å². The molecular weight excluding hydrogens is 324 g/mol. The number of halogens is 1. The Bertz CT molecular complexity index is 729. The first-order chi connectivity index (χ1) is 11.5. The van der Waals surface area contributed by atoms with E-state index in [2.05, 4.69) is 9.97 Å². The van der Waals surface area contributed by atoms with Crippen LogP contribution in [0.3, 0.4) is 0 Å². The van der Waals surface area contributed by atoms with Crippen LogP contribution in [0, 0.1) is 6.92 Å². The van der Waals surface area contributed by atoms with Gasteiger partial charge in [0.25, 0.3) is 5.91 Å². The van der Waals surface area contributed by atoms with E-state index in [1.807, 2.05) is 38.1 Å². The molecule has 0 aliphatic carbocycles. The molecule has 0 fully saturated rings. The summed E-state index contributed by atoms with van der Waals surface area (Å²) in [7, 11) is 0. The number of amides is 1. The van der Waals surface area contributed by atoms with Crippen molar-refractivity contribution in [2.24, 2.45) is 0 Å². The average molecular weight is 347 g/mol. The van der Waals surface area contributed by atoms with E-state index in [0.717, 1.165) is 5.56 Å². The van der Waals surface area contributed by atoms with Crippen molar-refractivity contribution in [2.45, 2.75) is 33.6 Å². The fourth-order valence-electron chi connectivity index (χ4n) is 2.74. The van der Waals surface area contributed by atoms with Crippen LogP contribution in [0.4, 0.5) is 5.95 Å². The maximum atomic E-state index is 12.8. The van der Waals surface area contributed by atoms with E-state index < -0.39 is 0 Å². The number of hydrogen-bond acceptors (Lipinski definition) is 4. The van der Waals surface area contributed by atoms with E-state index in [1.165, 1.54) is 0 Å². The van der Waals surface area contributed by atoms with Crippen molar-refractivity contribution in [1.29, 1.82) is 0 Å². The lowest BCUT2D eigenvalue weighted by Gasteiger charge is -2.21. The highest BCUT2D eigenvalue weighted by atomic mass is 35.5. The lowest BCUT2D eigenvalue weighted by atomic mass is 10.0. The zero-order chi connectivity index (χ0) is 17.7. The number of carbonyl (C=O) groups excluding carboxylic acids is 1. The van der Waals surface area contributed by atoms with Crippen LogP contribution in [0.25, 0.3) is 0 Å². The maximum Gasteiger partial charge on any atom is 0.257 e. The fraction of sp³-hybridized carbons (Fsp3) is 0.389. The van der Waals surface area contributed by atoms with Gasteiger partial charge in [-0.05, 0) is 45.2 Å². The minimum absolute atomic E-state index is 0.0494. The SMILES string of the molecule is CCN(CC)C(=O)c1c(C)nc(N)nc1CCc1ccccc1Cl. The zero-order valence-corrected chi connectivity index (χ0v) is 15.1. The van der Waals surface area contributed by atoms with Crippen molar-refractivity contribution in [2.75, 3.05) is 18.8 Å². The summed E-state index contributed by atoms with van der Waals surface area (Å²) in [5, 5.41) is 0.716. The van der Waals surface area contributed by atoms with Gasteiger partial charge < -0.3 is 10.6 Å². The minimum Gasteiger partial charge on any atom is -0.368 e. The van der Waals surface area contributed by atoms with E-state index in [1.54, 1.807) is 11.8 Å². The highest BCUT2D eigenvalue weighted by Gasteiger charge is 2.21. The largest absolute Gasteiger partial charge is 0.368 e. The Kier molecular flexibility index (Phi) is 6.15. The number of carbonyl (C=O) groups is 1. The van der Waals surface area contributed by atoms with E-state index in [9.17, 15) is 4.79 Å². The van der Waals surface area contributed by atoms with E-state index in [0.29, 0.717) is 47.9 Å². The summed E-state index contributed by atoms with van der Waals surface area (Å²) in [4.78, 5) is 23.1. The molecular formula is C18H23ClN4O. The molecule has 0 radical (unpaired) electrons. The lowest BCUT2D eigenvalue weighted by molar-refractivity contribution is 0.0770.